The van der Waals surface area contributed by atoms with Crippen molar-refractivity contribution >= 4 is 0 Å². The second-order valence-electron chi connectivity index (χ2n) is 8.35. The molecule has 1 aliphatic carbocycles. The van der Waals surface area contributed by atoms with E-state index in [2.05, 4.69) is 0 Å². The molecule has 168 valence electrons. The van der Waals surface area contributed by atoms with Crippen LogP contribution in [0.15, 0.2) is 60.7 Å². The summed E-state index contributed by atoms with van der Waals surface area (Å²) in [5, 5.41) is 0. The molecule has 1 unspecified atom stereocenters. The van der Waals surface area contributed by atoms with Gasteiger partial charge in [-0.25, -0.2) is 22.0 Å². The Hall–Kier alpha value is -2.73. The second-order valence-corrected chi connectivity index (χ2v) is 8.35. The Morgan fingerprint density at radius 2 is 1.03 bits per heavy atom. The molecule has 0 aromatic heterocycles. The van der Waals surface area contributed by atoms with Crippen molar-refractivity contribution in [3.63, 3.8) is 0 Å². The maximum absolute atomic E-state index is 15.0. The predicted molar refractivity (Wildman–Crippen MR) is 113 cm³/mol. The first kappa shape index (κ1) is 22.5. The van der Waals surface area contributed by atoms with Gasteiger partial charge >= 0.3 is 0 Å². The summed E-state index contributed by atoms with van der Waals surface area (Å²) in [6, 6.07) is 17.8. The van der Waals surface area contributed by atoms with E-state index in [0.717, 1.165) is 24.0 Å². The molecule has 0 heterocycles. The number of hydrogen-bond acceptors (Lipinski definition) is 1. The van der Waals surface area contributed by atoms with Crippen molar-refractivity contribution in [1.29, 1.82) is 0 Å². The number of halogens is 5. The SMILES string of the molecule is Fc1c(F)c(F)c(C(C2CCCC2)N(Cc2ccccc2)Cc2ccccc2)c(F)c1F. The first-order chi connectivity index (χ1) is 15.5. The normalized spacial score (nSPS) is 15.4. The van der Waals surface area contributed by atoms with Gasteiger partial charge < -0.3 is 0 Å². The molecule has 32 heavy (non-hydrogen) atoms. The number of hydrogen-bond donors (Lipinski definition) is 0. The van der Waals surface area contributed by atoms with Crippen molar-refractivity contribution in [3.8, 4) is 0 Å². The van der Waals surface area contributed by atoms with Crippen LogP contribution in [0.4, 0.5) is 22.0 Å². The Morgan fingerprint density at radius 1 is 0.625 bits per heavy atom. The van der Waals surface area contributed by atoms with Gasteiger partial charge in [0, 0.05) is 24.7 Å². The van der Waals surface area contributed by atoms with Gasteiger partial charge in [0.05, 0.1) is 0 Å². The fourth-order valence-corrected chi connectivity index (χ4v) is 4.76. The Labute approximate surface area is 184 Å². The fraction of sp³-hybridized carbons (Fsp3) is 0.308. The lowest BCUT2D eigenvalue weighted by Gasteiger charge is -2.37. The first-order valence-corrected chi connectivity index (χ1v) is 10.8. The smallest absolute Gasteiger partial charge is 0.200 e. The molecule has 1 aliphatic rings. The third-order valence-electron chi connectivity index (χ3n) is 6.24. The summed E-state index contributed by atoms with van der Waals surface area (Å²) in [5.74, 6) is -9.57. The molecule has 0 saturated heterocycles. The van der Waals surface area contributed by atoms with Gasteiger partial charge in [0.15, 0.2) is 23.3 Å². The average Bonchev–Trinajstić information content (AvgIpc) is 3.35. The molecule has 0 radical (unpaired) electrons. The Morgan fingerprint density at radius 3 is 1.47 bits per heavy atom. The van der Waals surface area contributed by atoms with Crippen molar-refractivity contribution in [3.05, 3.63) is 106 Å². The molecule has 1 saturated carbocycles. The van der Waals surface area contributed by atoms with Gasteiger partial charge in [-0.05, 0) is 29.9 Å². The van der Waals surface area contributed by atoms with Gasteiger partial charge in [-0.1, -0.05) is 73.5 Å². The summed E-state index contributed by atoms with van der Waals surface area (Å²) in [7, 11) is 0. The summed E-state index contributed by atoms with van der Waals surface area (Å²) in [6.45, 7) is 0.632. The van der Waals surface area contributed by atoms with Crippen LogP contribution in [0.2, 0.25) is 0 Å². The highest BCUT2D eigenvalue weighted by Crippen LogP contribution is 2.43. The quantitative estimate of drug-likeness (QED) is 0.209. The fourth-order valence-electron chi connectivity index (χ4n) is 4.76. The Bertz CT molecular complexity index is 978. The minimum absolute atomic E-state index is 0.212. The highest BCUT2D eigenvalue weighted by atomic mass is 19.2. The van der Waals surface area contributed by atoms with Crippen molar-refractivity contribution in [2.45, 2.75) is 44.8 Å². The summed E-state index contributed by atoms with van der Waals surface area (Å²) >= 11 is 0. The van der Waals surface area contributed by atoms with Crippen LogP contribution in [0.5, 0.6) is 0 Å². The minimum Gasteiger partial charge on any atom is -0.287 e. The van der Waals surface area contributed by atoms with Gasteiger partial charge in [0.1, 0.15) is 0 Å². The maximum atomic E-state index is 15.0. The van der Waals surface area contributed by atoms with E-state index in [1.54, 1.807) is 0 Å². The Balaban J connectivity index is 1.85. The van der Waals surface area contributed by atoms with Crippen LogP contribution in [0, 0.1) is 35.0 Å². The van der Waals surface area contributed by atoms with Crippen LogP contribution in [-0.2, 0) is 13.1 Å². The Kier molecular flexibility index (Phi) is 6.89. The highest BCUT2D eigenvalue weighted by Gasteiger charge is 2.38. The molecule has 0 aliphatic heterocycles. The summed E-state index contributed by atoms with van der Waals surface area (Å²) in [5.41, 5.74) is 1.07. The molecule has 1 fully saturated rings. The largest absolute Gasteiger partial charge is 0.287 e. The first-order valence-electron chi connectivity index (χ1n) is 10.8. The van der Waals surface area contributed by atoms with E-state index < -0.39 is 40.7 Å². The third-order valence-corrected chi connectivity index (χ3v) is 6.24. The zero-order chi connectivity index (χ0) is 22.7. The van der Waals surface area contributed by atoms with Gasteiger partial charge in [0.25, 0.3) is 0 Å². The summed E-state index contributed by atoms with van der Waals surface area (Å²) < 4.78 is 72.2. The topological polar surface area (TPSA) is 3.24 Å². The van der Waals surface area contributed by atoms with E-state index in [4.69, 9.17) is 0 Å². The lowest BCUT2D eigenvalue weighted by atomic mass is 9.88. The second kappa shape index (κ2) is 9.82. The van der Waals surface area contributed by atoms with Crippen LogP contribution in [0.25, 0.3) is 0 Å². The molecule has 0 spiro atoms. The van der Waals surface area contributed by atoms with E-state index in [1.807, 2.05) is 65.6 Å². The lowest BCUT2D eigenvalue weighted by Crippen LogP contribution is -2.34. The maximum Gasteiger partial charge on any atom is 0.200 e. The number of rotatable bonds is 7. The van der Waals surface area contributed by atoms with Crippen molar-refractivity contribution < 1.29 is 22.0 Å². The average molecular weight is 445 g/mol. The molecule has 1 nitrogen and oxygen atoms in total. The van der Waals surface area contributed by atoms with Crippen molar-refractivity contribution in [1.82, 2.24) is 4.90 Å². The van der Waals surface area contributed by atoms with E-state index >= 15 is 0 Å². The predicted octanol–water partition coefficient (Wildman–Crippen LogP) is 7.32. The zero-order valence-electron chi connectivity index (χ0n) is 17.5. The molecule has 3 aromatic carbocycles. The molecular weight excluding hydrogens is 421 g/mol. The van der Waals surface area contributed by atoms with Gasteiger partial charge in [-0.15, -0.1) is 0 Å². The summed E-state index contributed by atoms with van der Waals surface area (Å²) in [6.07, 6.45) is 3.07. The van der Waals surface area contributed by atoms with Crippen LogP contribution in [0.3, 0.4) is 0 Å². The molecular formula is C26H24F5N. The molecule has 0 amide bonds. The summed E-state index contributed by atoms with van der Waals surface area (Å²) in [4.78, 5) is 1.85. The van der Waals surface area contributed by atoms with Gasteiger partial charge in [-0.2, -0.15) is 0 Å². The van der Waals surface area contributed by atoms with Crippen molar-refractivity contribution in [2.24, 2.45) is 5.92 Å². The van der Waals surface area contributed by atoms with Crippen LogP contribution >= 0.6 is 0 Å². The van der Waals surface area contributed by atoms with Gasteiger partial charge in [-0.3, -0.25) is 4.90 Å². The molecule has 3 aromatic rings. The zero-order valence-corrected chi connectivity index (χ0v) is 17.5. The van der Waals surface area contributed by atoms with Crippen LogP contribution in [-0.4, -0.2) is 4.90 Å². The molecule has 4 rings (SSSR count). The lowest BCUT2D eigenvalue weighted by molar-refractivity contribution is 0.116. The van der Waals surface area contributed by atoms with Crippen molar-refractivity contribution in [2.75, 3.05) is 0 Å². The van der Waals surface area contributed by atoms with Crippen LogP contribution in [0.1, 0.15) is 48.4 Å². The molecule has 0 N–H and O–H groups in total. The van der Waals surface area contributed by atoms with E-state index in [1.165, 1.54) is 0 Å². The minimum atomic E-state index is -2.12. The third kappa shape index (κ3) is 4.56. The van der Waals surface area contributed by atoms with E-state index in [9.17, 15) is 22.0 Å². The number of benzene rings is 3. The monoisotopic (exact) mass is 445 g/mol. The molecule has 6 heteroatoms. The number of nitrogens with zero attached hydrogens (tertiary/aromatic N) is 1. The highest BCUT2D eigenvalue weighted by molar-refractivity contribution is 5.29. The van der Waals surface area contributed by atoms with Crippen LogP contribution < -0.4 is 0 Å². The molecule has 1 atom stereocenters. The standard InChI is InChI=1S/C26H24F5N/c27-21-20(22(28)24(30)25(31)23(21)29)26(19-13-7-8-14-19)32(15-17-9-3-1-4-10-17)16-18-11-5-2-6-12-18/h1-6,9-12,19,26H,7-8,13-16H2. The van der Waals surface area contributed by atoms with E-state index in [-0.39, 0.29) is 5.92 Å². The van der Waals surface area contributed by atoms with Gasteiger partial charge in [0.2, 0.25) is 5.82 Å². The molecule has 0 bridgehead atoms. The van der Waals surface area contributed by atoms with E-state index in [0.29, 0.717) is 25.9 Å².